The van der Waals surface area contributed by atoms with Crippen molar-refractivity contribution in [3.05, 3.63) is 25.4 Å². The molecule has 4 heteroatoms. The monoisotopic (exact) mass is 346 g/mol. The number of hydrogen-bond donors (Lipinski definition) is 1. The van der Waals surface area contributed by atoms with Gasteiger partial charge in [0.15, 0.2) is 0 Å². The summed E-state index contributed by atoms with van der Waals surface area (Å²) < 4.78 is 0.793. The number of rotatable bonds is 3. The molecule has 1 saturated carbocycles. The first kappa shape index (κ1) is 13.1. The smallest absolute Gasteiger partial charge is 0.264 e. The van der Waals surface area contributed by atoms with E-state index in [4.69, 9.17) is 4.98 Å². The summed E-state index contributed by atoms with van der Waals surface area (Å²) in [6, 6.07) is 0. The molecule has 1 N–H and O–H groups in total. The van der Waals surface area contributed by atoms with Crippen LogP contribution in [0.3, 0.4) is 0 Å². The minimum Gasteiger partial charge on any atom is -0.309 e. The third-order valence-corrected chi connectivity index (χ3v) is 4.77. The summed E-state index contributed by atoms with van der Waals surface area (Å²) in [6.07, 6.45) is 5.92. The maximum Gasteiger partial charge on any atom is 0.264 e. The molecule has 0 spiro atoms. The van der Waals surface area contributed by atoms with Crippen molar-refractivity contribution in [2.45, 2.75) is 57.8 Å². The van der Waals surface area contributed by atoms with Crippen LogP contribution in [0.2, 0.25) is 0 Å². The third kappa shape index (κ3) is 2.72. The number of nitrogens with zero attached hydrogens (tertiary/aromatic N) is 1. The molecule has 3 nitrogen and oxygen atoms in total. The number of hydrogen-bond acceptors (Lipinski definition) is 2. The molecule has 0 aromatic carbocycles. The summed E-state index contributed by atoms with van der Waals surface area (Å²) in [6.45, 7) is 4.24. The van der Waals surface area contributed by atoms with Crippen molar-refractivity contribution < 1.29 is 0 Å². The second-order valence-electron chi connectivity index (χ2n) is 4.94. The van der Waals surface area contributed by atoms with Gasteiger partial charge in [0, 0.05) is 11.8 Å². The van der Waals surface area contributed by atoms with E-state index < -0.39 is 0 Å². The van der Waals surface area contributed by atoms with Crippen molar-refractivity contribution in [3.8, 4) is 0 Å². The van der Waals surface area contributed by atoms with Crippen molar-refractivity contribution >= 4 is 22.6 Å². The Morgan fingerprint density at radius 2 is 2.12 bits per heavy atom. The highest BCUT2D eigenvalue weighted by atomic mass is 127. The van der Waals surface area contributed by atoms with E-state index >= 15 is 0 Å². The highest BCUT2D eigenvalue weighted by Crippen LogP contribution is 2.34. The standard InChI is InChI=1S/C13H19IN2O/c1-3-8(2)12-15-11(9-6-4-5-7-9)10(14)13(17)16-12/h8-9H,3-7H2,1-2H3,(H,15,16,17). The average molecular weight is 346 g/mol. The number of nitrogens with one attached hydrogen (secondary N) is 1. The summed E-state index contributed by atoms with van der Waals surface area (Å²) in [5.41, 5.74) is 1.08. The SMILES string of the molecule is CCC(C)c1nc(C2CCCC2)c(I)c(=O)[nH]1. The van der Waals surface area contributed by atoms with E-state index in [0.717, 1.165) is 21.5 Å². The molecule has 17 heavy (non-hydrogen) atoms. The maximum absolute atomic E-state index is 11.9. The van der Waals surface area contributed by atoms with Gasteiger partial charge in [-0.25, -0.2) is 4.98 Å². The lowest BCUT2D eigenvalue weighted by Crippen LogP contribution is -2.20. The zero-order valence-corrected chi connectivity index (χ0v) is 12.6. The van der Waals surface area contributed by atoms with Crippen LogP contribution >= 0.6 is 22.6 Å². The van der Waals surface area contributed by atoms with Crippen LogP contribution in [0, 0.1) is 3.57 Å². The molecule has 0 bridgehead atoms. The topological polar surface area (TPSA) is 45.8 Å². The fourth-order valence-corrected chi connectivity index (χ4v) is 3.09. The molecule has 2 rings (SSSR count). The molecule has 94 valence electrons. The Balaban J connectivity index is 2.42. The molecular weight excluding hydrogens is 327 g/mol. The van der Waals surface area contributed by atoms with E-state index in [9.17, 15) is 4.79 Å². The van der Waals surface area contributed by atoms with Crippen LogP contribution in [0.25, 0.3) is 0 Å². The van der Waals surface area contributed by atoms with Gasteiger partial charge in [0.05, 0.1) is 9.26 Å². The van der Waals surface area contributed by atoms with Gasteiger partial charge in [-0.1, -0.05) is 26.7 Å². The zero-order chi connectivity index (χ0) is 12.4. The van der Waals surface area contributed by atoms with Gasteiger partial charge in [-0.3, -0.25) is 4.79 Å². The van der Waals surface area contributed by atoms with Crippen LogP contribution in [-0.2, 0) is 0 Å². The van der Waals surface area contributed by atoms with Crippen molar-refractivity contribution in [2.75, 3.05) is 0 Å². The van der Waals surface area contributed by atoms with E-state index in [-0.39, 0.29) is 5.56 Å². The lowest BCUT2D eigenvalue weighted by molar-refractivity contribution is 0.631. The lowest BCUT2D eigenvalue weighted by Gasteiger charge is -2.14. The first-order valence-corrected chi connectivity index (χ1v) is 7.51. The quantitative estimate of drug-likeness (QED) is 0.851. The fraction of sp³-hybridized carbons (Fsp3) is 0.692. The molecule has 1 fully saturated rings. The Hall–Kier alpha value is -0.390. The first-order chi connectivity index (χ1) is 8.13. The molecule has 1 aromatic rings. The van der Waals surface area contributed by atoms with Crippen molar-refractivity contribution in [3.63, 3.8) is 0 Å². The fourth-order valence-electron chi connectivity index (χ4n) is 2.39. The highest BCUT2D eigenvalue weighted by Gasteiger charge is 2.23. The van der Waals surface area contributed by atoms with Crippen molar-refractivity contribution in [1.29, 1.82) is 0 Å². The molecule has 1 aliphatic rings. The van der Waals surface area contributed by atoms with Crippen LogP contribution in [0.5, 0.6) is 0 Å². The molecule has 1 aliphatic carbocycles. The molecule has 0 radical (unpaired) electrons. The van der Waals surface area contributed by atoms with Gasteiger partial charge in [-0.15, -0.1) is 0 Å². The van der Waals surface area contributed by atoms with Gasteiger partial charge in [-0.2, -0.15) is 0 Å². The average Bonchev–Trinajstić information content (AvgIpc) is 2.85. The molecule has 1 atom stereocenters. The summed E-state index contributed by atoms with van der Waals surface area (Å²) in [5.74, 6) is 1.70. The predicted molar refractivity (Wildman–Crippen MR) is 77.5 cm³/mol. The van der Waals surface area contributed by atoms with Crippen LogP contribution in [0.4, 0.5) is 0 Å². The van der Waals surface area contributed by atoms with Crippen LogP contribution in [-0.4, -0.2) is 9.97 Å². The molecule has 1 heterocycles. The van der Waals surface area contributed by atoms with E-state index in [2.05, 4.69) is 41.4 Å². The molecular formula is C13H19IN2O. The van der Waals surface area contributed by atoms with Crippen molar-refractivity contribution in [2.24, 2.45) is 0 Å². The second kappa shape index (κ2) is 5.50. The summed E-state index contributed by atoms with van der Waals surface area (Å²) in [5, 5.41) is 0. The van der Waals surface area contributed by atoms with Gasteiger partial charge < -0.3 is 4.98 Å². The Kier molecular flexibility index (Phi) is 4.22. The first-order valence-electron chi connectivity index (χ1n) is 6.43. The van der Waals surface area contributed by atoms with Crippen molar-refractivity contribution in [1.82, 2.24) is 9.97 Å². The normalized spacial score (nSPS) is 18.5. The van der Waals surface area contributed by atoms with Gasteiger partial charge in [0.2, 0.25) is 0 Å². The molecule has 0 saturated heterocycles. The Labute approximate surface area is 116 Å². The van der Waals surface area contributed by atoms with Crippen LogP contribution in [0.15, 0.2) is 4.79 Å². The number of aromatic amines is 1. The van der Waals surface area contributed by atoms with Gasteiger partial charge in [0.25, 0.3) is 5.56 Å². The van der Waals surface area contributed by atoms with Gasteiger partial charge in [-0.05, 0) is 41.9 Å². The van der Waals surface area contributed by atoms with Crippen LogP contribution in [0.1, 0.15) is 69.3 Å². The Bertz CT molecular complexity index is 449. The van der Waals surface area contributed by atoms with Gasteiger partial charge >= 0.3 is 0 Å². The van der Waals surface area contributed by atoms with E-state index in [0.29, 0.717) is 11.8 Å². The van der Waals surface area contributed by atoms with E-state index in [1.54, 1.807) is 0 Å². The molecule has 1 aromatic heterocycles. The maximum atomic E-state index is 11.9. The minimum atomic E-state index is 0.0396. The predicted octanol–water partition coefficient (Wildman–Crippen LogP) is 3.55. The summed E-state index contributed by atoms with van der Waals surface area (Å²) in [7, 11) is 0. The zero-order valence-electron chi connectivity index (χ0n) is 10.4. The van der Waals surface area contributed by atoms with E-state index in [1.165, 1.54) is 25.7 Å². The molecule has 1 unspecified atom stereocenters. The largest absolute Gasteiger partial charge is 0.309 e. The Morgan fingerprint density at radius 3 is 2.71 bits per heavy atom. The van der Waals surface area contributed by atoms with Crippen LogP contribution < -0.4 is 5.56 Å². The third-order valence-electron chi connectivity index (χ3n) is 3.73. The van der Waals surface area contributed by atoms with Gasteiger partial charge in [0.1, 0.15) is 5.82 Å². The molecule has 0 amide bonds. The lowest BCUT2D eigenvalue weighted by atomic mass is 10.0. The van der Waals surface area contributed by atoms with E-state index in [1.807, 2.05) is 0 Å². The number of halogens is 1. The summed E-state index contributed by atoms with van der Waals surface area (Å²) >= 11 is 2.14. The highest BCUT2D eigenvalue weighted by molar-refractivity contribution is 14.1. The minimum absolute atomic E-state index is 0.0396. The number of H-pyrrole nitrogens is 1. The Morgan fingerprint density at radius 1 is 1.47 bits per heavy atom. The molecule has 0 aliphatic heterocycles. The number of aromatic nitrogens is 2. The summed E-state index contributed by atoms with van der Waals surface area (Å²) in [4.78, 5) is 19.6. The second-order valence-corrected chi connectivity index (χ2v) is 6.02.